The number of aromatic nitrogens is 1. The summed E-state index contributed by atoms with van der Waals surface area (Å²) in [5.41, 5.74) is 8.13. The third-order valence-electron chi connectivity index (χ3n) is 2.56. The first-order valence-corrected chi connectivity index (χ1v) is 6.39. The SMILES string of the molecule is CCc1ccc(-c2cnc(CCN)s2)cc1. The van der Waals surface area contributed by atoms with E-state index in [9.17, 15) is 0 Å². The Hall–Kier alpha value is -1.19. The van der Waals surface area contributed by atoms with Gasteiger partial charge in [0, 0.05) is 12.6 Å². The van der Waals surface area contributed by atoms with E-state index >= 15 is 0 Å². The second-order valence-electron chi connectivity index (χ2n) is 3.71. The van der Waals surface area contributed by atoms with Crippen molar-refractivity contribution in [1.82, 2.24) is 4.98 Å². The Morgan fingerprint density at radius 3 is 2.62 bits per heavy atom. The molecule has 16 heavy (non-hydrogen) atoms. The van der Waals surface area contributed by atoms with E-state index in [1.165, 1.54) is 16.0 Å². The molecule has 2 nitrogen and oxygen atoms in total. The molecular formula is C13H16N2S. The van der Waals surface area contributed by atoms with Crippen LogP contribution in [0.1, 0.15) is 17.5 Å². The van der Waals surface area contributed by atoms with E-state index in [0.717, 1.165) is 17.8 Å². The van der Waals surface area contributed by atoms with Crippen LogP contribution in [-0.2, 0) is 12.8 Å². The summed E-state index contributed by atoms with van der Waals surface area (Å²) in [6.45, 7) is 2.84. The molecule has 2 rings (SSSR count). The molecule has 1 heterocycles. The molecule has 0 saturated carbocycles. The van der Waals surface area contributed by atoms with Gasteiger partial charge in [-0.05, 0) is 24.1 Å². The van der Waals surface area contributed by atoms with Crippen LogP contribution in [0.2, 0.25) is 0 Å². The van der Waals surface area contributed by atoms with Crippen molar-refractivity contribution in [2.24, 2.45) is 5.73 Å². The summed E-state index contributed by atoms with van der Waals surface area (Å²) >= 11 is 1.73. The van der Waals surface area contributed by atoms with Crippen LogP contribution in [0.5, 0.6) is 0 Å². The van der Waals surface area contributed by atoms with Crippen LogP contribution in [-0.4, -0.2) is 11.5 Å². The van der Waals surface area contributed by atoms with Crippen LogP contribution in [0.15, 0.2) is 30.5 Å². The summed E-state index contributed by atoms with van der Waals surface area (Å²) in [6.07, 6.45) is 3.90. The van der Waals surface area contributed by atoms with Gasteiger partial charge in [-0.25, -0.2) is 4.98 Å². The molecule has 0 amide bonds. The van der Waals surface area contributed by atoms with E-state index in [-0.39, 0.29) is 0 Å². The minimum atomic E-state index is 0.668. The van der Waals surface area contributed by atoms with Crippen molar-refractivity contribution in [1.29, 1.82) is 0 Å². The number of hydrogen-bond acceptors (Lipinski definition) is 3. The van der Waals surface area contributed by atoms with Gasteiger partial charge in [0.1, 0.15) is 0 Å². The molecule has 0 aliphatic heterocycles. The van der Waals surface area contributed by atoms with Gasteiger partial charge in [-0.1, -0.05) is 31.2 Å². The van der Waals surface area contributed by atoms with E-state index in [1.54, 1.807) is 11.3 Å². The van der Waals surface area contributed by atoms with Crippen LogP contribution in [0.4, 0.5) is 0 Å². The first-order chi connectivity index (χ1) is 7.83. The van der Waals surface area contributed by atoms with Crippen molar-refractivity contribution in [3.05, 3.63) is 41.0 Å². The van der Waals surface area contributed by atoms with Crippen molar-refractivity contribution in [3.63, 3.8) is 0 Å². The average Bonchev–Trinajstić information content (AvgIpc) is 2.78. The van der Waals surface area contributed by atoms with Crippen LogP contribution in [0, 0.1) is 0 Å². The molecule has 3 heteroatoms. The normalized spacial score (nSPS) is 10.6. The standard InChI is InChI=1S/C13H16N2S/c1-2-10-3-5-11(6-4-10)12-9-15-13(16-12)7-8-14/h3-6,9H,2,7-8,14H2,1H3. The molecule has 0 unspecified atom stereocenters. The average molecular weight is 232 g/mol. The van der Waals surface area contributed by atoms with Crippen LogP contribution in [0.25, 0.3) is 10.4 Å². The fraction of sp³-hybridized carbons (Fsp3) is 0.308. The highest BCUT2D eigenvalue weighted by Crippen LogP contribution is 2.26. The molecule has 0 atom stereocenters. The maximum absolute atomic E-state index is 5.51. The molecule has 2 N–H and O–H groups in total. The lowest BCUT2D eigenvalue weighted by Gasteiger charge is -1.98. The third-order valence-corrected chi connectivity index (χ3v) is 3.66. The topological polar surface area (TPSA) is 38.9 Å². The largest absolute Gasteiger partial charge is 0.330 e. The highest BCUT2D eigenvalue weighted by Gasteiger charge is 2.03. The van der Waals surface area contributed by atoms with Crippen LogP contribution in [0.3, 0.4) is 0 Å². The Labute approximate surface area is 100 Å². The number of nitrogens with two attached hydrogens (primary N) is 1. The second kappa shape index (κ2) is 5.23. The Kier molecular flexibility index (Phi) is 3.70. The lowest BCUT2D eigenvalue weighted by molar-refractivity contribution is 0.953. The maximum atomic E-state index is 5.51. The molecule has 0 aliphatic rings. The molecule has 1 aromatic heterocycles. The predicted molar refractivity (Wildman–Crippen MR) is 69.7 cm³/mol. The molecule has 0 spiro atoms. The zero-order valence-electron chi connectivity index (χ0n) is 9.44. The van der Waals surface area contributed by atoms with Crippen molar-refractivity contribution in [2.45, 2.75) is 19.8 Å². The van der Waals surface area contributed by atoms with Gasteiger partial charge < -0.3 is 5.73 Å². The van der Waals surface area contributed by atoms with Gasteiger partial charge in [0.2, 0.25) is 0 Å². The highest BCUT2D eigenvalue weighted by atomic mass is 32.1. The molecule has 1 aromatic carbocycles. The van der Waals surface area contributed by atoms with Gasteiger partial charge in [0.15, 0.2) is 0 Å². The van der Waals surface area contributed by atoms with Gasteiger partial charge in [-0.3, -0.25) is 0 Å². The number of nitrogens with zero attached hydrogens (tertiary/aromatic N) is 1. The fourth-order valence-electron chi connectivity index (χ4n) is 1.59. The molecule has 84 valence electrons. The van der Waals surface area contributed by atoms with Gasteiger partial charge in [-0.2, -0.15) is 0 Å². The molecule has 0 bridgehead atoms. The fourth-order valence-corrected chi connectivity index (χ4v) is 2.53. The third kappa shape index (κ3) is 2.49. The van der Waals surface area contributed by atoms with E-state index < -0.39 is 0 Å². The molecule has 0 fully saturated rings. The van der Waals surface area contributed by atoms with Gasteiger partial charge in [-0.15, -0.1) is 11.3 Å². The lowest BCUT2D eigenvalue weighted by atomic mass is 10.1. The molecule has 0 saturated heterocycles. The van der Waals surface area contributed by atoms with E-state index in [1.807, 2.05) is 6.20 Å². The number of rotatable bonds is 4. The number of aryl methyl sites for hydroxylation is 1. The van der Waals surface area contributed by atoms with Gasteiger partial charge in [0.25, 0.3) is 0 Å². The summed E-state index contributed by atoms with van der Waals surface area (Å²) in [5, 5.41) is 1.12. The zero-order valence-corrected chi connectivity index (χ0v) is 10.3. The molecule has 0 aliphatic carbocycles. The minimum Gasteiger partial charge on any atom is -0.330 e. The Balaban J connectivity index is 2.21. The molecular weight excluding hydrogens is 216 g/mol. The first kappa shape index (κ1) is 11.3. The van der Waals surface area contributed by atoms with E-state index in [2.05, 4.69) is 36.2 Å². The van der Waals surface area contributed by atoms with Gasteiger partial charge in [0.05, 0.1) is 9.88 Å². The molecule has 2 aromatic rings. The first-order valence-electron chi connectivity index (χ1n) is 5.57. The number of thiazole rings is 1. The van der Waals surface area contributed by atoms with E-state index in [0.29, 0.717) is 6.54 Å². The lowest BCUT2D eigenvalue weighted by Crippen LogP contribution is -2.01. The monoisotopic (exact) mass is 232 g/mol. The summed E-state index contributed by atoms with van der Waals surface area (Å²) in [4.78, 5) is 5.59. The van der Waals surface area contributed by atoms with Crippen molar-refractivity contribution in [2.75, 3.05) is 6.54 Å². The molecule has 0 radical (unpaired) electrons. The van der Waals surface area contributed by atoms with Crippen molar-refractivity contribution in [3.8, 4) is 10.4 Å². The van der Waals surface area contributed by atoms with Gasteiger partial charge >= 0.3 is 0 Å². The number of hydrogen-bond donors (Lipinski definition) is 1. The quantitative estimate of drug-likeness (QED) is 0.880. The number of benzene rings is 1. The van der Waals surface area contributed by atoms with E-state index in [4.69, 9.17) is 5.73 Å². The van der Waals surface area contributed by atoms with Crippen molar-refractivity contribution >= 4 is 11.3 Å². The zero-order chi connectivity index (χ0) is 11.4. The Bertz CT molecular complexity index is 445. The summed E-state index contributed by atoms with van der Waals surface area (Å²) < 4.78 is 0. The minimum absolute atomic E-state index is 0.668. The second-order valence-corrected chi connectivity index (χ2v) is 4.82. The summed E-state index contributed by atoms with van der Waals surface area (Å²) in [6, 6.07) is 8.69. The Morgan fingerprint density at radius 1 is 1.25 bits per heavy atom. The summed E-state index contributed by atoms with van der Waals surface area (Å²) in [5.74, 6) is 0. The smallest absolute Gasteiger partial charge is 0.0943 e. The Morgan fingerprint density at radius 2 is 2.00 bits per heavy atom. The van der Waals surface area contributed by atoms with Crippen LogP contribution >= 0.6 is 11.3 Å². The van der Waals surface area contributed by atoms with Crippen molar-refractivity contribution < 1.29 is 0 Å². The maximum Gasteiger partial charge on any atom is 0.0943 e. The highest BCUT2D eigenvalue weighted by molar-refractivity contribution is 7.15. The van der Waals surface area contributed by atoms with Crippen LogP contribution < -0.4 is 5.73 Å². The predicted octanol–water partition coefficient (Wildman–Crippen LogP) is 2.87. The summed E-state index contributed by atoms with van der Waals surface area (Å²) in [7, 11) is 0.